The molecule has 5 heteroatoms. The van der Waals surface area contributed by atoms with Gasteiger partial charge in [0, 0.05) is 12.4 Å². The van der Waals surface area contributed by atoms with Gasteiger partial charge in [-0.05, 0) is 29.8 Å². The third-order valence-corrected chi connectivity index (χ3v) is 2.98. The van der Waals surface area contributed by atoms with E-state index in [0.29, 0.717) is 10.9 Å². The van der Waals surface area contributed by atoms with Gasteiger partial charge in [-0.3, -0.25) is 9.78 Å². The number of hydrogen-bond acceptors (Lipinski definition) is 4. The number of hydrogen-bond donors (Lipinski definition) is 1. The van der Waals surface area contributed by atoms with Crippen molar-refractivity contribution in [3.05, 3.63) is 70.5 Å². The van der Waals surface area contributed by atoms with Crippen molar-refractivity contribution in [2.45, 2.75) is 0 Å². The Labute approximate surface area is 120 Å². The Kier molecular flexibility index (Phi) is 3.27. The lowest BCUT2D eigenvalue weighted by atomic mass is 10.1. The summed E-state index contributed by atoms with van der Waals surface area (Å²) in [5.74, 6) is 0.255. The highest BCUT2D eigenvalue weighted by Gasteiger charge is 2.07. The van der Waals surface area contributed by atoms with Gasteiger partial charge in [0.25, 0.3) is 5.56 Å². The van der Waals surface area contributed by atoms with Crippen molar-refractivity contribution in [2.24, 2.45) is 0 Å². The average molecular weight is 274 g/mol. The lowest BCUT2D eigenvalue weighted by Gasteiger charge is -2.01. The molecule has 0 amide bonds. The molecule has 100 valence electrons. The van der Waals surface area contributed by atoms with E-state index in [4.69, 9.17) is 0 Å². The van der Waals surface area contributed by atoms with E-state index in [-0.39, 0.29) is 17.0 Å². The monoisotopic (exact) mass is 274 g/mol. The second kappa shape index (κ2) is 5.39. The second-order valence-electron chi connectivity index (χ2n) is 4.39. The van der Waals surface area contributed by atoms with Gasteiger partial charge in [-0.1, -0.05) is 18.2 Å². The Hall–Kier alpha value is -3.26. The molecule has 0 saturated carbocycles. The SMILES string of the molecule is N#CC(=Cc1cccnc1)c1nc2ccccc2c(=O)[nH]1. The molecular weight excluding hydrogens is 264 g/mol. The smallest absolute Gasteiger partial charge is 0.259 e. The van der Waals surface area contributed by atoms with Gasteiger partial charge >= 0.3 is 0 Å². The summed E-state index contributed by atoms with van der Waals surface area (Å²) in [5.41, 5.74) is 1.35. The Balaban J connectivity index is 2.17. The molecule has 21 heavy (non-hydrogen) atoms. The van der Waals surface area contributed by atoms with Gasteiger partial charge < -0.3 is 4.98 Å². The highest BCUT2D eigenvalue weighted by molar-refractivity contribution is 5.88. The number of nitrogens with one attached hydrogen (secondary N) is 1. The fourth-order valence-corrected chi connectivity index (χ4v) is 2.00. The lowest BCUT2D eigenvalue weighted by molar-refractivity contribution is 1.13. The lowest BCUT2D eigenvalue weighted by Crippen LogP contribution is -2.11. The first-order valence-corrected chi connectivity index (χ1v) is 6.29. The number of aromatic nitrogens is 3. The molecule has 0 unspecified atom stereocenters. The molecule has 0 aliphatic carbocycles. The van der Waals surface area contributed by atoms with Crippen LogP contribution >= 0.6 is 0 Å². The molecule has 0 saturated heterocycles. The van der Waals surface area contributed by atoms with Crippen molar-refractivity contribution >= 4 is 22.6 Å². The van der Waals surface area contributed by atoms with Crippen LogP contribution in [0.15, 0.2) is 53.6 Å². The Morgan fingerprint density at radius 2 is 2.10 bits per heavy atom. The number of para-hydroxylation sites is 1. The summed E-state index contributed by atoms with van der Waals surface area (Å²) in [6, 6.07) is 12.7. The molecule has 0 aliphatic heterocycles. The Morgan fingerprint density at radius 3 is 2.86 bits per heavy atom. The van der Waals surface area contributed by atoms with Crippen molar-refractivity contribution in [3.8, 4) is 6.07 Å². The van der Waals surface area contributed by atoms with Crippen LogP contribution in [0.25, 0.3) is 22.6 Å². The van der Waals surface area contributed by atoms with Gasteiger partial charge in [-0.2, -0.15) is 5.26 Å². The van der Waals surface area contributed by atoms with Gasteiger partial charge in [0.05, 0.1) is 16.5 Å². The largest absolute Gasteiger partial charge is 0.305 e. The van der Waals surface area contributed by atoms with E-state index in [1.807, 2.05) is 6.07 Å². The average Bonchev–Trinajstić information content (AvgIpc) is 2.53. The maximum absolute atomic E-state index is 12.0. The van der Waals surface area contributed by atoms with Crippen molar-refractivity contribution in [1.29, 1.82) is 5.26 Å². The molecule has 2 aromatic heterocycles. The summed E-state index contributed by atoms with van der Waals surface area (Å²) in [7, 11) is 0. The van der Waals surface area contributed by atoms with Gasteiger partial charge in [0.15, 0.2) is 5.82 Å². The zero-order valence-electron chi connectivity index (χ0n) is 10.9. The summed E-state index contributed by atoms with van der Waals surface area (Å²) in [6.07, 6.45) is 4.93. The van der Waals surface area contributed by atoms with Crippen LogP contribution in [0.1, 0.15) is 11.4 Å². The number of H-pyrrole nitrogens is 1. The third kappa shape index (κ3) is 2.55. The minimum atomic E-state index is -0.261. The van der Waals surface area contributed by atoms with E-state index in [2.05, 4.69) is 21.0 Å². The molecule has 1 N–H and O–H groups in total. The number of benzene rings is 1. The van der Waals surface area contributed by atoms with Crippen LogP contribution in [-0.4, -0.2) is 15.0 Å². The number of fused-ring (bicyclic) bond motifs is 1. The maximum Gasteiger partial charge on any atom is 0.259 e. The van der Waals surface area contributed by atoms with Gasteiger partial charge in [-0.15, -0.1) is 0 Å². The van der Waals surface area contributed by atoms with Crippen LogP contribution in [0.2, 0.25) is 0 Å². The molecule has 2 heterocycles. The molecule has 5 nitrogen and oxygen atoms in total. The fourth-order valence-electron chi connectivity index (χ4n) is 2.00. The van der Waals surface area contributed by atoms with Crippen LogP contribution in [-0.2, 0) is 0 Å². The zero-order valence-corrected chi connectivity index (χ0v) is 10.9. The number of rotatable bonds is 2. The predicted molar refractivity (Wildman–Crippen MR) is 80.1 cm³/mol. The fraction of sp³-hybridized carbons (Fsp3) is 0. The predicted octanol–water partition coefficient (Wildman–Crippen LogP) is 2.38. The van der Waals surface area contributed by atoms with Crippen LogP contribution in [0.4, 0.5) is 0 Å². The molecule has 0 atom stereocenters. The van der Waals surface area contributed by atoms with Crippen molar-refractivity contribution in [1.82, 2.24) is 15.0 Å². The van der Waals surface area contributed by atoms with Gasteiger partial charge in [0.2, 0.25) is 0 Å². The van der Waals surface area contributed by atoms with Crippen molar-refractivity contribution < 1.29 is 0 Å². The summed E-state index contributed by atoms with van der Waals surface area (Å²) >= 11 is 0. The van der Waals surface area contributed by atoms with Crippen LogP contribution in [0.3, 0.4) is 0 Å². The molecule has 0 aliphatic rings. The number of aromatic amines is 1. The highest BCUT2D eigenvalue weighted by Crippen LogP contribution is 2.15. The molecular formula is C16H10N4O. The first-order valence-electron chi connectivity index (χ1n) is 6.29. The van der Waals surface area contributed by atoms with E-state index in [0.717, 1.165) is 5.56 Å². The molecule has 0 bridgehead atoms. The number of pyridine rings is 1. The molecule has 0 radical (unpaired) electrons. The standard InChI is InChI=1S/C16H10N4O/c17-9-12(8-11-4-3-7-18-10-11)15-19-14-6-2-1-5-13(14)16(21)20-15/h1-8,10H,(H,19,20,21). The zero-order chi connectivity index (χ0) is 14.7. The first kappa shape index (κ1) is 12.8. The first-order chi connectivity index (χ1) is 10.3. The van der Waals surface area contributed by atoms with E-state index in [1.165, 1.54) is 0 Å². The third-order valence-electron chi connectivity index (χ3n) is 2.98. The van der Waals surface area contributed by atoms with E-state index >= 15 is 0 Å². The number of nitrogens with zero attached hydrogens (tertiary/aromatic N) is 3. The van der Waals surface area contributed by atoms with Gasteiger partial charge in [0.1, 0.15) is 6.07 Å². The summed E-state index contributed by atoms with van der Waals surface area (Å²) in [4.78, 5) is 23.0. The summed E-state index contributed by atoms with van der Waals surface area (Å²) < 4.78 is 0. The molecule has 1 aromatic carbocycles. The number of allylic oxidation sites excluding steroid dienone is 1. The second-order valence-corrected chi connectivity index (χ2v) is 4.39. The van der Waals surface area contributed by atoms with E-state index < -0.39 is 0 Å². The van der Waals surface area contributed by atoms with E-state index in [1.54, 1.807) is 48.8 Å². The quantitative estimate of drug-likeness (QED) is 0.727. The van der Waals surface area contributed by atoms with Crippen LogP contribution in [0, 0.1) is 11.3 Å². The molecule has 3 aromatic rings. The minimum absolute atomic E-state index is 0.255. The van der Waals surface area contributed by atoms with Crippen molar-refractivity contribution in [2.75, 3.05) is 0 Å². The maximum atomic E-state index is 12.0. The normalized spacial score (nSPS) is 11.3. The topological polar surface area (TPSA) is 82.4 Å². The van der Waals surface area contributed by atoms with Crippen LogP contribution in [0.5, 0.6) is 0 Å². The minimum Gasteiger partial charge on any atom is -0.305 e. The Bertz CT molecular complexity index is 920. The Morgan fingerprint density at radius 1 is 1.24 bits per heavy atom. The summed E-state index contributed by atoms with van der Waals surface area (Å²) in [5, 5.41) is 9.80. The molecule has 0 spiro atoms. The molecule has 0 fully saturated rings. The van der Waals surface area contributed by atoms with E-state index in [9.17, 15) is 10.1 Å². The molecule has 3 rings (SSSR count). The highest BCUT2D eigenvalue weighted by atomic mass is 16.1. The summed E-state index contributed by atoms with van der Waals surface area (Å²) in [6.45, 7) is 0. The van der Waals surface area contributed by atoms with Gasteiger partial charge in [-0.25, -0.2) is 4.98 Å². The van der Waals surface area contributed by atoms with Crippen molar-refractivity contribution in [3.63, 3.8) is 0 Å². The number of nitriles is 1. The van der Waals surface area contributed by atoms with Crippen LogP contribution < -0.4 is 5.56 Å².